The monoisotopic (exact) mass is 375 g/mol. The molecule has 0 aliphatic heterocycles. The Balaban J connectivity index is 2.23. The van der Waals surface area contributed by atoms with E-state index in [1.165, 1.54) is 23.7 Å². The third kappa shape index (κ3) is 3.77. The van der Waals surface area contributed by atoms with Crippen LogP contribution >= 0.6 is 0 Å². The fourth-order valence-electron chi connectivity index (χ4n) is 2.65. The number of amides is 1. The maximum atomic E-state index is 13.7. The third-order valence-corrected chi connectivity index (χ3v) is 4.04. The van der Waals surface area contributed by atoms with Gasteiger partial charge in [-0.05, 0) is 19.1 Å². The van der Waals surface area contributed by atoms with Gasteiger partial charge in [0.2, 0.25) is 5.91 Å². The van der Waals surface area contributed by atoms with Gasteiger partial charge in [-0.2, -0.15) is 13.9 Å². The first-order valence-corrected chi connectivity index (χ1v) is 8.25. The van der Waals surface area contributed by atoms with Crippen molar-refractivity contribution < 1.29 is 18.3 Å². The normalized spacial score (nSPS) is 13.0. The molecule has 0 saturated carbocycles. The first-order valence-electron chi connectivity index (χ1n) is 8.25. The van der Waals surface area contributed by atoms with E-state index in [9.17, 15) is 13.6 Å². The van der Waals surface area contributed by atoms with Crippen LogP contribution in [0.25, 0.3) is 16.7 Å². The maximum Gasteiger partial charge on any atom is 0.287 e. The van der Waals surface area contributed by atoms with Crippen molar-refractivity contribution in [3.8, 4) is 5.82 Å². The van der Waals surface area contributed by atoms with Crippen molar-refractivity contribution in [1.82, 2.24) is 19.7 Å². The quantitative estimate of drug-likeness (QED) is 0.737. The molecular weight excluding hydrogens is 356 g/mol. The molecule has 3 aromatic rings. The number of alkyl halides is 2. The number of pyridine rings is 2. The van der Waals surface area contributed by atoms with Crippen LogP contribution in [0.15, 0.2) is 30.5 Å². The van der Waals surface area contributed by atoms with Crippen LogP contribution in [-0.2, 0) is 15.5 Å². The predicted octanol–water partition coefficient (Wildman–Crippen LogP) is 3.59. The molecule has 0 aliphatic carbocycles. The lowest BCUT2D eigenvalue weighted by molar-refractivity contribution is -0.114. The van der Waals surface area contributed by atoms with Crippen LogP contribution in [0.3, 0.4) is 0 Å². The summed E-state index contributed by atoms with van der Waals surface area (Å²) in [6, 6.07) is 5.96. The standard InChI is InChI=1S/C18H19F2N5O2/c1-10(27-4)17-12-9-21-15(22-11(2)26)8-13(12)25(24-17)16-7-5-6-14(23-16)18(3,19)20/h5-10H,1-4H3,(H,21,22,26). The molecule has 9 heteroatoms. The molecule has 3 rings (SSSR count). The van der Waals surface area contributed by atoms with Crippen molar-refractivity contribution in [2.24, 2.45) is 0 Å². The summed E-state index contributed by atoms with van der Waals surface area (Å²) in [6.45, 7) is 3.98. The smallest absolute Gasteiger partial charge is 0.287 e. The Kier molecular flexibility index (Phi) is 4.88. The first kappa shape index (κ1) is 18.8. The molecule has 1 amide bonds. The summed E-state index contributed by atoms with van der Waals surface area (Å²) >= 11 is 0. The van der Waals surface area contributed by atoms with Crippen LogP contribution in [0.1, 0.15) is 38.3 Å². The van der Waals surface area contributed by atoms with Gasteiger partial charge in [-0.25, -0.2) is 14.6 Å². The zero-order valence-corrected chi connectivity index (χ0v) is 15.3. The molecule has 0 saturated heterocycles. The fourth-order valence-corrected chi connectivity index (χ4v) is 2.65. The van der Waals surface area contributed by atoms with Crippen LogP contribution in [0.4, 0.5) is 14.6 Å². The Morgan fingerprint density at radius 2 is 2.11 bits per heavy atom. The van der Waals surface area contributed by atoms with E-state index in [0.717, 1.165) is 6.92 Å². The fraction of sp³-hybridized carbons (Fsp3) is 0.333. The van der Waals surface area contributed by atoms with Gasteiger partial charge in [-0.1, -0.05) is 6.07 Å². The van der Waals surface area contributed by atoms with Gasteiger partial charge in [0.25, 0.3) is 5.92 Å². The summed E-state index contributed by atoms with van der Waals surface area (Å²) in [5.74, 6) is -2.80. The average Bonchev–Trinajstić information content (AvgIpc) is 2.99. The lowest BCUT2D eigenvalue weighted by Crippen LogP contribution is -2.12. The molecule has 1 N–H and O–H groups in total. The Bertz CT molecular complexity index is 997. The first-order chi connectivity index (χ1) is 12.7. The molecule has 1 unspecified atom stereocenters. The molecule has 7 nitrogen and oxygen atoms in total. The SMILES string of the molecule is COC(C)c1nn(-c2cccc(C(C)(F)F)n2)c2cc(NC(C)=O)ncc12. The van der Waals surface area contributed by atoms with Gasteiger partial charge in [0.15, 0.2) is 5.82 Å². The predicted molar refractivity (Wildman–Crippen MR) is 96.0 cm³/mol. The molecule has 0 fully saturated rings. The summed E-state index contributed by atoms with van der Waals surface area (Å²) in [6.07, 6.45) is 1.21. The highest BCUT2D eigenvalue weighted by atomic mass is 19.3. The molecule has 0 aliphatic rings. The molecule has 0 radical (unpaired) electrons. The van der Waals surface area contributed by atoms with E-state index in [1.807, 2.05) is 6.92 Å². The van der Waals surface area contributed by atoms with E-state index >= 15 is 0 Å². The number of rotatable bonds is 5. The summed E-state index contributed by atoms with van der Waals surface area (Å²) in [5.41, 5.74) is 0.794. The second-order valence-corrected chi connectivity index (χ2v) is 6.21. The van der Waals surface area contributed by atoms with Gasteiger partial charge in [-0.3, -0.25) is 4.79 Å². The van der Waals surface area contributed by atoms with Gasteiger partial charge >= 0.3 is 0 Å². The molecule has 27 heavy (non-hydrogen) atoms. The lowest BCUT2D eigenvalue weighted by atomic mass is 10.2. The van der Waals surface area contributed by atoms with Gasteiger partial charge < -0.3 is 10.1 Å². The van der Waals surface area contributed by atoms with Gasteiger partial charge in [0.05, 0.1) is 11.6 Å². The average molecular weight is 375 g/mol. The zero-order chi connectivity index (χ0) is 19.8. The van der Waals surface area contributed by atoms with Crippen LogP contribution in [0.5, 0.6) is 0 Å². The van der Waals surface area contributed by atoms with Gasteiger partial charge in [0, 0.05) is 38.6 Å². The minimum Gasteiger partial charge on any atom is -0.375 e. The van der Waals surface area contributed by atoms with Crippen molar-refractivity contribution in [2.75, 3.05) is 12.4 Å². The number of hydrogen-bond donors (Lipinski definition) is 1. The van der Waals surface area contributed by atoms with Crippen LogP contribution in [-0.4, -0.2) is 32.8 Å². The molecular formula is C18H19F2N5O2. The summed E-state index contributed by atoms with van der Waals surface area (Å²) < 4.78 is 34.2. The topological polar surface area (TPSA) is 81.9 Å². The van der Waals surface area contributed by atoms with E-state index in [0.29, 0.717) is 22.4 Å². The second-order valence-electron chi connectivity index (χ2n) is 6.21. The van der Waals surface area contributed by atoms with Crippen LogP contribution in [0.2, 0.25) is 0 Å². The minimum absolute atomic E-state index is 0.230. The highest BCUT2D eigenvalue weighted by molar-refractivity contribution is 5.91. The number of fused-ring (bicyclic) bond motifs is 1. The Hall–Kier alpha value is -2.94. The number of carbonyl (C=O) groups is 1. The number of methoxy groups -OCH3 is 1. The number of anilines is 1. The van der Waals surface area contributed by atoms with Gasteiger partial charge in [-0.15, -0.1) is 0 Å². The van der Waals surface area contributed by atoms with E-state index in [2.05, 4.69) is 20.4 Å². The lowest BCUT2D eigenvalue weighted by Gasteiger charge is -2.11. The molecule has 0 bridgehead atoms. The molecule has 1 atom stereocenters. The van der Waals surface area contributed by atoms with Gasteiger partial charge in [0.1, 0.15) is 17.2 Å². The summed E-state index contributed by atoms with van der Waals surface area (Å²) in [7, 11) is 1.55. The minimum atomic E-state index is -3.08. The molecule has 0 aromatic carbocycles. The Morgan fingerprint density at radius 3 is 2.74 bits per heavy atom. The number of carbonyl (C=O) groups excluding carboxylic acids is 1. The maximum absolute atomic E-state index is 13.7. The van der Waals surface area contributed by atoms with Crippen LogP contribution in [0, 0.1) is 0 Å². The van der Waals surface area contributed by atoms with E-state index in [-0.39, 0.29) is 23.5 Å². The molecule has 3 heterocycles. The third-order valence-electron chi connectivity index (χ3n) is 4.04. The number of halogens is 2. The summed E-state index contributed by atoms with van der Waals surface area (Å²) in [5, 5.41) is 7.78. The molecule has 142 valence electrons. The number of hydrogen-bond acceptors (Lipinski definition) is 5. The van der Waals surface area contributed by atoms with Crippen molar-refractivity contribution in [3.63, 3.8) is 0 Å². The van der Waals surface area contributed by atoms with Crippen molar-refractivity contribution in [2.45, 2.75) is 32.8 Å². The number of nitrogens with zero attached hydrogens (tertiary/aromatic N) is 4. The van der Waals surface area contributed by atoms with Crippen molar-refractivity contribution in [1.29, 1.82) is 0 Å². The van der Waals surface area contributed by atoms with E-state index in [4.69, 9.17) is 4.74 Å². The van der Waals surface area contributed by atoms with Crippen molar-refractivity contribution >= 4 is 22.6 Å². The number of nitrogens with one attached hydrogen (secondary N) is 1. The van der Waals surface area contributed by atoms with E-state index < -0.39 is 5.92 Å². The Morgan fingerprint density at radius 1 is 1.37 bits per heavy atom. The number of aromatic nitrogens is 4. The highest BCUT2D eigenvalue weighted by Gasteiger charge is 2.27. The molecule has 3 aromatic heterocycles. The molecule has 0 spiro atoms. The largest absolute Gasteiger partial charge is 0.375 e. The zero-order valence-electron chi connectivity index (χ0n) is 15.3. The second kappa shape index (κ2) is 6.99. The summed E-state index contributed by atoms with van der Waals surface area (Å²) in [4.78, 5) is 19.6. The highest BCUT2D eigenvalue weighted by Crippen LogP contribution is 2.30. The van der Waals surface area contributed by atoms with Crippen molar-refractivity contribution in [3.05, 3.63) is 41.9 Å². The van der Waals surface area contributed by atoms with Crippen LogP contribution < -0.4 is 5.32 Å². The Labute approximate surface area is 154 Å². The van der Waals surface area contributed by atoms with E-state index in [1.54, 1.807) is 25.4 Å². The number of ether oxygens (including phenoxy) is 1.